The first kappa shape index (κ1) is 11.7. The molecule has 0 aliphatic rings. The summed E-state index contributed by atoms with van der Waals surface area (Å²) in [4.78, 5) is 15.0. The van der Waals surface area contributed by atoms with Crippen molar-refractivity contribution in [2.24, 2.45) is 5.73 Å². The van der Waals surface area contributed by atoms with Gasteiger partial charge in [0.15, 0.2) is 0 Å². The third-order valence-corrected chi connectivity index (χ3v) is 3.31. The number of rotatable bonds is 3. The van der Waals surface area contributed by atoms with Crippen LogP contribution in [-0.2, 0) is 6.54 Å². The van der Waals surface area contributed by atoms with Gasteiger partial charge in [0.2, 0.25) is 0 Å². The van der Waals surface area contributed by atoms with E-state index in [1.807, 2.05) is 0 Å². The van der Waals surface area contributed by atoms with E-state index in [0.717, 1.165) is 11.3 Å². The molecular formula is C11H9FN2O2S. The lowest BCUT2D eigenvalue weighted by molar-refractivity contribution is 0.0700. The van der Waals surface area contributed by atoms with E-state index in [1.54, 1.807) is 18.2 Å². The molecule has 1 aromatic heterocycles. The van der Waals surface area contributed by atoms with Gasteiger partial charge in [0.1, 0.15) is 15.7 Å². The summed E-state index contributed by atoms with van der Waals surface area (Å²) >= 11 is 0.929. The number of nitrogens with two attached hydrogens (primary N) is 1. The molecule has 88 valence electrons. The number of benzene rings is 1. The van der Waals surface area contributed by atoms with Crippen LogP contribution >= 0.6 is 11.3 Å². The van der Waals surface area contributed by atoms with Gasteiger partial charge >= 0.3 is 5.97 Å². The average molecular weight is 252 g/mol. The molecule has 2 rings (SSSR count). The summed E-state index contributed by atoms with van der Waals surface area (Å²) in [5.41, 5.74) is 5.97. The number of nitrogens with zero attached hydrogens (tertiary/aromatic N) is 1. The van der Waals surface area contributed by atoms with Crippen molar-refractivity contribution >= 4 is 17.3 Å². The SMILES string of the molecule is NCc1nc(-c2ccccc2F)sc1C(=O)O. The highest BCUT2D eigenvalue weighted by molar-refractivity contribution is 7.17. The molecule has 3 N–H and O–H groups in total. The van der Waals surface area contributed by atoms with Crippen LogP contribution in [0.15, 0.2) is 24.3 Å². The van der Waals surface area contributed by atoms with Crippen molar-refractivity contribution in [3.63, 3.8) is 0 Å². The van der Waals surface area contributed by atoms with Gasteiger partial charge in [-0.1, -0.05) is 12.1 Å². The Kier molecular flexibility index (Phi) is 3.16. The Hall–Kier alpha value is -1.79. The zero-order chi connectivity index (χ0) is 12.4. The Morgan fingerprint density at radius 1 is 1.47 bits per heavy atom. The molecule has 0 unspecified atom stereocenters. The fourth-order valence-electron chi connectivity index (χ4n) is 1.41. The molecule has 0 radical (unpaired) electrons. The molecule has 0 saturated heterocycles. The van der Waals surface area contributed by atoms with E-state index in [4.69, 9.17) is 10.8 Å². The molecule has 2 aromatic rings. The summed E-state index contributed by atoms with van der Waals surface area (Å²) in [6.07, 6.45) is 0. The predicted molar refractivity (Wildman–Crippen MR) is 62.4 cm³/mol. The number of carboxylic acid groups (broad SMARTS) is 1. The Morgan fingerprint density at radius 3 is 2.71 bits per heavy atom. The molecule has 0 bridgehead atoms. The van der Waals surface area contributed by atoms with E-state index >= 15 is 0 Å². The summed E-state index contributed by atoms with van der Waals surface area (Å²) < 4.78 is 13.5. The monoisotopic (exact) mass is 252 g/mol. The fourth-order valence-corrected chi connectivity index (χ4v) is 2.37. The summed E-state index contributed by atoms with van der Waals surface area (Å²) in [6.45, 7) is 0.0204. The molecule has 0 aliphatic heterocycles. The Bertz CT molecular complexity index is 568. The molecule has 0 atom stereocenters. The lowest BCUT2D eigenvalue weighted by atomic mass is 10.2. The fraction of sp³-hybridized carbons (Fsp3) is 0.0909. The number of aromatic nitrogens is 1. The number of thiazole rings is 1. The van der Waals surface area contributed by atoms with Crippen LogP contribution < -0.4 is 5.73 Å². The standard InChI is InChI=1S/C11H9FN2O2S/c12-7-4-2-1-3-6(7)10-14-8(5-13)9(17-10)11(15)16/h1-4H,5,13H2,(H,15,16). The number of carboxylic acids is 1. The van der Waals surface area contributed by atoms with Crippen LogP contribution in [0, 0.1) is 5.82 Å². The van der Waals surface area contributed by atoms with E-state index in [-0.39, 0.29) is 17.1 Å². The van der Waals surface area contributed by atoms with Crippen LogP contribution in [0.3, 0.4) is 0 Å². The Morgan fingerprint density at radius 2 is 2.18 bits per heavy atom. The normalized spacial score (nSPS) is 10.5. The topological polar surface area (TPSA) is 76.2 Å². The smallest absolute Gasteiger partial charge is 0.347 e. The summed E-state index contributed by atoms with van der Waals surface area (Å²) in [7, 11) is 0. The number of hydrogen-bond acceptors (Lipinski definition) is 4. The van der Waals surface area contributed by atoms with E-state index in [2.05, 4.69) is 4.98 Å². The van der Waals surface area contributed by atoms with Gasteiger partial charge in [0, 0.05) is 12.1 Å². The minimum Gasteiger partial charge on any atom is -0.477 e. The Balaban J connectivity index is 2.54. The van der Waals surface area contributed by atoms with Crippen molar-refractivity contribution in [3.05, 3.63) is 40.7 Å². The molecule has 0 saturated carbocycles. The third kappa shape index (κ3) is 2.17. The molecule has 1 aromatic carbocycles. The van der Waals surface area contributed by atoms with Gasteiger partial charge in [-0.05, 0) is 12.1 Å². The molecule has 17 heavy (non-hydrogen) atoms. The van der Waals surface area contributed by atoms with E-state index in [1.165, 1.54) is 6.07 Å². The molecule has 4 nitrogen and oxygen atoms in total. The van der Waals surface area contributed by atoms with Gasteiger partial charge in [0.05, 0.1) is 5.69 Å². The highest BCUT2D eigenvalue weighted by Gasteiger charge is 2.18. The predicted octanol–water partition coefficient (Wildman–Crippen LogP) is 2.11. The van der Waals surface area contributed by atoms with Crippen molar-refractivity contribution in [1.29, 1.82) is 0 Å². The van der Waals surface area contributed by atoms with Crippen LogP contribution in [0.2, 0.25) is 0 Å². The van der Waals surface area contributed by atoms with E-state index in [0.29, 0.717) is 10.6 Å². The van der Waals surface area contributed by atoms with Crippen LogP contribution in [0.5, 0.6) is 0 Å². The van der Waals surface area contributed by atoms with Gasteiger partial charge in [-0.2, -0.15) is 0 Å². The first-order valence-corrected chi connectivity index (χ1v) is 5.63. The second-order valence-corrected chi connectivity index (χ2v) is 4.28. The van der Waals surface area contributed by atoms with Gasteiger partial charge in [-0.15, -0.1) is 11.3 Å². The molecule has 1 heterocycles. The zero-order valence-electron chi connectivity index (χ0n) is 8.68. The van der Waals surface area contributed by atoms with Gasteiger partial charge in [0.25, 0.3) is 0 Å². The molecule has 6 heteroatoms. The average Bonchev–Trinajstić information content (AvgIpc) is 2.73. The number of hydrogen-bond donors (Lipinski definition) is 2. The maximum absolute atomic E-state index is 13.5. The first-order valence-electron chi connectivity index (χ1n) is 4.81. The van der Waals surface area contributed by atoms with E-state index < -0.39 is 11.8 Å². The number of aromatic carboxylic acids is 1. The van der Waals surface area contributed by atoms with Crippen LogP contribution in [0.4, 0.5) is 4.39 Å². The first-order chi connectivity index (χ1) is 8.13. The number of halogens is 1. The second kappa shape index (κ2) is 4.60. The van der Waals surface area contributed by atoms with Gasteiger partial charge < -0.3 is 10.8 Å². The quantitative estimate of drug-likeness (QED) is 0.877. The second-order valence-electron chi connectivity index (χ2n) is 3.28. The Labute approximate surface area is 101 Å². The van der Waals surface area contributed by atoms with Crippen molar-refractivity contribution < 1.29 is 14.3 Å². The molecule has 0 amide bonds. The van der Waals surface area contributed by atoms with Crippen molar-refractivity contribution in [2.75, 3.05) is 0 Å². The maximum atomic E-state index is 13.5. The van der Waals surface area contributed by atoms with Crippen LogP contribution in [-0.4, -0.2) is 16.1 Å². The molecule has 0 spiro atoms. The maximum Gasteiger partial charge on any atom is 0.347 e. The van der Waals surface area contributed by atoms with Gasteiger partial charge in [-0.25, -0.2) is 14.2 Å². The highest BCUT2D eigenvalue weighted by Crippen LogP contribution is 2.29. The largest absolute Gasteiger partial charge is 0.477 e. The lowest BCUT2D eigenvalue weighted by Gasteiger charge is -1.96. The van der Waals surface area contributed by atoms with Crippen LogP contribution in [0.25, 0.3) is 10.6 Å². The molecule has 0 aliphatic carbocycles. The van der Waals surface area contributed by atoms with Gasteiger partial charge in [-0.3, -0.25) is 0 Å². The van der Waals surface area contributed by atoms with E-state index in [9.17, 15) is 9.18 Å². The summed E-state index contributed by atoms with van der Waals surface area (Å²) in [6, 6.07) is 6.09. The van der Waals surface area contributed by atoms with Crippen molar-refractivity contribution in [2.45, 2.75) is 6.54 Å². The molecular weight excluding hydrogens is 243 g/mol. The highest BCUT2D eigenvalue weighted by atomic mass is 32.1. The third-order valence-electron chi connectivity index (χ3n) is 2.19. The van der Waals surface area contributed by atoms with Crippen LogP contribution in [0.1, 0.15) is 15.4 Å². The van der Waals surface area contributed by atoms with Crippen molar-refractivity contribution in [3.8, 4) is 10.6 Å². The summed E-state index contributed by atoms with van der Waals surface area (Å²) in [5, 5.41) is 9.28. The minimum absolute atomic E-state index is 0.0204. The zero-order valence-corrected chi connectivity index (χ0v) is 9.50. The molecule has 0 fully saturated rings. The lowest BCUT2D eigenvalue weighted by Crippen LogP contribution is -2.04. The summed E-state index contributed by atoms with van der Waals surface area (Å²) in [5.74, 6) is -1.52. The number of carbonyl (C=O) groups is 1. The minimum atomic E-state index is -1.09. The van der Waals surface area contributed by atoms with Crippen molar-refractivity contribution in [1.82, 2.24) is 4.98 Å².